The van der Waals surface area contributed by atoms with Crippen LogP contribution in [0.2, 0.25) is 0 Å². The maximum Gasteiger partial charge on any atom is 0.138 e. The largest absolute Gasteiger partial charge is 0.302 e. The monoisotopic (exact) mass is 170 g/mol. The number of nitrogens with zero attached hydrogens (tertiary/aromatic N) is 2. The van der Waals surface area contributed by atoms with Crippen LogP contribution in [0.25, 0.3) is 0 Å². The van der Waals surface area contributed by atoms with Gasteiger partial charge in [0.15, 0.2) is 0 Å². The molecule has 0 spiro atoms. The van der Waals surface area contributed by atoms with Gasteiger partial charge in [-0.3, -0.25) is 4.90 Å². The summed E-state index contributed by atoms with van der Waals surface area (Å²) in [7, 11) is 0. The molecule has 0 saturated carbocycles. The van der Waals surface area contributed by atoms with Gasteiger partial charge in [-0.15, -0.1) is 0 Å². The molecule has 1 saturated heterocycles. The lowest BCUT2D eigenvalue weighted by Gasteiger charge is -2.37. The molecular weight excluding hydrogens is 152 g/mol. The molecule has 12 heavy (non-hydrogen) atoms. The molecule has 0 unspecified atom stereocenters. The van der Waals surface area contributed by atoms with Crippen molar-refractivity contribution in [2.45, 2.75) is 19.9 Å². The van der Waals surface area contributed by atoms with E-state index in [1.807, 2.05) is 0 Å². The van der Waals surface area contributed by atoms with Gasteiger partial charge in [0, 0.05) is 19.6 Å². The fourth-order valence-corrected chi connectivity index (χ4v) is 1.72. The highest BCUT2D eigenvalue weighted by Gasteiger charge is 2.23. The molecule has 1 aliphatic heterocycles. The normalized spacial score (nSPS) is 27.3. The fourth-order valence-electron chi connectivity index (χ4n) is 1.72. The maximum absolute atomic E-state index is 10.7. The molecule has 0 aliphatic carbocycles. The summed E-state index contributed by atoms with van der Waals surface area (Å²) in [4.78, 5) is 15.3. The highest BCUT2D eigenvalue weighted by Crippen LogP contribution is 2.06. The minimum Gasteiger partial charge on any atom is -0.302 e. The van der Waals surface area contributed by atoms with Gasteiger partial charge in [0.2, 0.25) is 0 Å². The van der Waals surface area contributed by atoms with Crippen molar-refractivity contribution < 1.29 is 4.79 Å². The van der Waals surface area contributed by atoms with Crippen LogP contribution in [-0.4, -0.2) is 54.9 Å². The molecule has 0 aromatic carbocycles. The first-order valence-corrected chi connectivity index (χ1v) is 4.73. The number of hydrogen-bond donors (Lipinski definition) is 0. The van der Waals surface area contributed by atoms with E-state index in [-0.39, 0.29) is 6.04 Å². The number of rotatable bonds is 3. The molecular formula is C9H18N2O. The van der Waals surface area contributed by atoms with Gasteiger partial charge in [0.25, 0.3) is 0 Å². The van der Waals surface area contributed by atoms with Crippen LogP contribution in [-0.2, 0) is 4.79 Å². The summed E-state index contributed by atoms with van der Waals surface area (Å²) in [5.41, 5.74) is 0. The molecule has 1 atom stereocenters. The third kappa shape index (κ3) is 2.05. The van der Waals surface area contributed by atoms with Crippen molar-refractivity contribution >= 4 is 6.29 Å². The Hall–Kier alpha value is -0.410. The smallest absolute Gasteiger partial charge is 0.138 e. The molecule has 3 heteroatoms. The molecule has 1 aliphatic rings. The van der Waals surface area contributed by atoms with E-state index in [4.69, 9.17) is 0 Å². The number of carbonyl (C=O) groups excluding carboxylic acids is 1. The van der Waals surface area contributed by atoms with E-state index in [0.29, 0.717) is 0 Å². The second-order valence-electron chi connectivity index (χ2n) is 3.23. The second kappa shape index (κ2) is 4.58. The molecule has 1 rings (SSSR count). The summed E-state index contributed by atoms with van der Waals surface area (Å²) in [6, 6.07) is 0.128. The van der Waals surface area contributed by atoms with Gasteiger partial charge in [-0.25, -0.2) is 0 Å². The lowest BCUT2D eigenvalue weighted by Crippen LogP contribution is -2.53. The van der Waals surface area contributed by atoms with E-state index < -0.39 is 0 Å². The molecule has 1 heterocycles. The standard InChI is InChI=1S/C9H18N2O/c1-3-10-5-6-11(4-2)9(7-10)8-12/h8-9H,3-7H2,1-2H3/t9-/m0/s1. The van der Waals surface area contributed by atoms with E-state index in [1.54, 1.807) is 0 Å². The zero-order chi connectivity index (χ0) is 8.97. The lowest BCUT2D eigenvalue weighted by molar-refractivity contribution is -0.114. The molecule has 0 radical (unpaired) electrons. The third-order valence-corrected chi connectivity index (χ3v) is 2.63. The van der Waals surface area contributed by atoms with Crippen LogP contribution in [0.1, 0.15) is 13.8 Å². The number of carbonyl (C=O) groups is 1. The van der Waals surface area contributed by atoms with Crippen LogP contribution < -0.4 is 0 Å². The van der Waals surface area contributed by atoms with Gasteiger partial charge < -0.3 is 9.69 Å². The topological polar surface area (TPSA) is 23.6 Å². The van der Waals surface area contributed by atoms with Crippen molar-refractivity contribution in [3.8, 4) is 0 Å². The Labute approximate surface area is 74.3 Å². The average molecular weight is 170 g/mol. The summed E-state index contributed by atoms with van der Waals surface area (Å²) in [6.45, 7) is 9.35. The zero-order valence-corrected chi connectivity index (χ0v) is 7.99. The number of likely N-dealkylation sites (N-methyl/N-ethyl adjacent to an activating group) is 2. The molecule has 0 amide bonds. The number of aldehydes is 1. The first-order valence-electron chi connectivity index (χ1n) is 4.73. The van der Waals surface area contributed by atoms with Crippen molar-refractivity contribution in [2.24, 2.45) is 0 Å². The van der Waals surface area contributed by atoms with E-state index in [9.17, 15) is 4.79 Å². The Kier molecular flexibility index (Phi) is 3.69. The first-order chi connectivity index (χ1) is 5.81. The predicted molar refractivity (Wildman–Crippen MR) is 49.2 cm³/mol. The van der Waals surface area contributed by atoms with E-state index in [2.05, 4.69) is 23.6 Å². The molecule has 0 aromatic heterocycles. The first kappa shape index (κ1) is 9.68. The Morgan fingerprint density at radius 1 is 1.33 bits per heavy atom. The van der Waals surface area contributed by atoms with Crippen molar-refractivity contribution in [3.63, 3.8) is 0 Å². The average Bonchev–Trinajstić information content (AvgIpc) is 2.16. The van der Waals surface area contributed by atoms with E-state index in [1.165, 1.54) is 0 Å². The molecule has 0 aromatic rings. The minimum atomic E-state index is 0.128. The minimum absolute atomic E-state index is 0.128. The Morgan fingerprint density at radius 2 is 2.08 bits per heavy atom. The predicted octanol–water partition coefficient (Wildman–Crippen LogP) is 0.211. The highest BCUT2D eigenvalue weighted by atomic mass is 16.1. The van der Waals surface area contributed by atoms with E-state index in [0.717, 1.165) is 39.0 Å². The Morgan fingerprint density at radius 3 is 2.58 bits per heavy atom. The van der Waals surface area contributed by atoms with Gasteiger partial charge in [0.05, 0.1) is 6.04 Å². The molecule has 0 bridgehead atoms. The van der Waals surface area contributed by atoms with Crippen LogP contribution in [0.3, 0.4) is 0 Å². The third-order valence-electron chi connectivity index (χ3n) is 2.63. The number of hydrogen-bond acceptors (Lipinski definition) is 3. The van der Waals surface area contributed by atoms with Crippen molar-refractivity contribution in [1.29, 1.82) is 0 Å². The molecule has 1 fully saturated rings. The molecule has 3 nitrogen and oxygen atoms in total. The van der Waals surface area contributed by atoms with Crippen LogP contribution in [0.4, 0.5) is 0 Å². The van der Waals surface area contributed by atoms with Gasteiger partial charge in [-0.2, -0.15) is 0 Å². The van der Waals surface area contributed by atoms with Crippen molar-refractivity contribution in [1.82, 2.24) is 9.80 Å². The zero-order valence-electron chi connectivity index (χ0n) is 7.99. The summed E-state index contributed by atoms with van der Waals surface area (Å²) in [5.74, 6) is 0. The van der Waals surface area contributed by atoms with Gasteiger partial charge in [-0.05, 0) is 13.1 Å². The van der Waals surface area contributed by atoms with Crippen LogP contribution >= 0.6 is 0 Å². The van der Waals surface area contributed by atoms with E-state index >= 15 is 0 Å². The van der Waals surface area contributed by atoms with Crippen LogP contribution in [0.15, 0.2) is 0 Å². The van der Waals surface area contributed by atoms with Gasteiger partial charge in [-0.1, -0.05) is 13.8 Å². The maximum atomic E-state index is 10.7. The second-order valence-corrected chi connectivity index (χ2v) is 3.23. The molecule has 0 N–H and O–H groups in total. The van der Waals surface area contributed by atoms with Crippen LogP contribution in [0.5, 0.6) is 0 Å². The van der Waals surface area contributed by atoms with Gasteiger partial charge in [0.1, 0.15) is 6.29 Å². The summed E-state index contributed by atoms with van der Waals surface area (Å²) in [5, 5.41) is 0. The van der Waals surface area contributed by atoms with Crippen LogP contribution in [0, 0.1) is 0 Å². The Bertz CT molecular complexity index is 149. The van der Waals surface area contributed by atoms with Crippen molar-refractivity contribution in [2.75, 3.05) is 32.7 Å². The quantitative estimate of drug-likeness (QED) is 0.566. The summed E-state index contributed by atoms with van der Waals surface area (Å²) >= 11 is 0. The molecule has 70 valence electrons. The SMILES string of the molecule is CCN1CCN(CC)[C@H](C=O)C1. The fraction of sp³-hybridized carbons (Fsp3) is 0.889. The van der Waals surface area contributed by atoms with Crippen molar-refractivity contribution in [3.05, 3.63) is 0 Å². The number of piperazine rings is 1. The summed E-state index contributed by atoms with van der Waals surface area (Å²) < 4.78 is 0. The van der Waals surface area contributed by atoms with Gasteiger partial charge >= 0.3 is 0 Å². The Balaban J connectivity index is 2.47. The summed E-state index contributed by atoms with van der Waals surface area (Å²) in [6.07, 6.45) is 1.07. The highest BCUT2D eigenvalue weighted by molar-refractivity contribution is 5.58. The lowest BCUT2D eigenvalue weighted by atomic mass is 10.2.